The van der Waals surface area contributed by atoms with Crippen LogP contribution in [0.4, 0.5) is 0 Å². The van der Waals surface area contributed by atoms with Crippen molar-refractivity contribution < 1.29 is 19.1 Å². The van der Waals surface area contributed by atoms with E-state index in [4.69, 9.17) is 4.74 Å². The van der Waals surface area contributed by atoms with Crippen molar-refractivity contribution in [2.24, 2.45) is 0 Å². The van der Waals surface area contributed by atoms with Gasteiger partial charge in [0.15, 0.2) is 0 Å². The molecule has 0 aromatic heterocycles. The van der Waals surface area contributed by atoms with Gasteiger partial charge in [0.25, 0.3) is 0 Å². The van der Waals surface area contributed by atoms with E-state index in [9.17, 15) is 14.4 Å². The Morgan fingerprint density at radius 1 is 0.920 bits per heavy atom. The number of aryl methyl sites for hydroxylation is 1. The van der Waals surface area contributed by atoms with E-state index in [2.05, 4.69) is 17.6 Å². The predicted molar refractivity (Wildman–Crippen MR) is 96.5 cm³/mol. The molecule has 0 radical (unpaired) electrons. The van der Waals surface area contributed by atoms with Crippen LogP contribution in [0.15, 0.2) is 24.3 Å². The molecule has 1 aromatic rings. The number of Topliss-reactive ketones (excluding diaryl/α,β-unsaturated/α-hetero) is 1. The smallest absolute Gasteiger partial charge is 0.220 e. The standard InChI is InChI=1S/C19H28N2O4/c1-3-14-25-17-8-5-16(6-9-17)7-11-19(24)21-13-12-20-18(23)10-4-15(2)22/h5-6,8-9H,3-4,7,10-14H2,1-2H3,(H,20,23)(H,21,24). The van der Waals surface area contributed by atoms with Crippen molar-refractivity contribution in [1.82, 2.24) is 10.6 Å². The SMILES string of the molecule is CCCOc1ccc(CCC(=O)NCCNC(=O)CCC(C)=O)cc1. The van der Waals surface area contributed by atoms with Gasteiger partial charge in [-0.3, -0.25) is 9.59 Å². The highest BCUT2D eigenvalue weighted by Crippen LogP contribution is 2.13. The molecule has 6 nitrogen and oxygen atoms in total. The Labute approximate surface area is 149 Å². The van der Waals surface area contributed by atoms with Crippen molar-refractivity contribution in [3.63, 3.8) is 0 Å². The number of rotatable bonds is 12. The van der Waals surface area contributed by atoms with Gasteiger partial charge >= 0.3 is 0 Å². The van der Waals surface area contributed by atoms with Crippen molar-refractivity contribution in [3.05, 3.63) is 29.8 Å². The Balaban J connectivity index is 2.14. The maximum absolute atomic E-state index is 11.8. The van der Waals surface area contributed by atoms with Gasteiger partial charge in [0.05, 0.1) is 6.61 Å². The van der Waals surface area contributed by atoms with Gasteiger partial charge in [0, 0.05) is 32.4 Å². The average Bonchev–Trinajstić information content (AvgIpc) is 2.61. The summed E-state index contributed by atoms with van der Waals surface area (Å²) in [5, 5.41) is 5.44. The van der Waals surface area contributed by atoms with Crippen molar-refractivity contribution in [3.8, 4) is 5.75 Å². The number of carbonyl (C=O) groups is 3. The van der Waals surface area contributed by atoms with E-state index in [0.29, 0.717) is 32.5 Å². The average molecular weight is 348 g/mol. The Kier molecular flexibility index (Phi) is 9.97. The summed E-state index contributed by atoms with van der Waals surface area (Å²) in [6.07, 6.45) is 2.47. The molecule has 0 atom stereocenters. The molecule has 6 heteroatoms. The van der Waals surface area contributed by atoms with Crippen LogP contribution in [0, 0.1) is 0 Å². The molecular weight excluding hydrogens is 320 g/mol. The first-order valence-corrected chi connectivity index (χ1v) is 8.75. The zero-order valence-electron chi connectivity index (χ0n) is 15.1. The largest absolute Gasteiger partial charge is 0.494 e. The van der Waals surface area contributed by atoms with Gasteiger partial charge in [-0.05, 0) is 37.5 Å². The second-order valence-corrected chi connectivity index (χ2v) is 5.89. The zero-order valence-corrected chi connectivity index (χ0v) is 15.1. The number of carbonyl (C=O) groups excluding carboxylic acids is 3. The quantitative estimate of drug-likeness (QED) is 0.566. The monoisotopic (exact) mass is 348 g/mol. The van der Waals surface area contributed by atoms with E-state index in [1.54, 1.807) is 0 Å². The minimum atomic E-state index is -0.171. The Hall–Kier alpha value is -2.37. The molecule has 0 saturated heterocycles. The summed E-state index contributed by atoms with van der Waals surface area (Å²) in [4.78, 5) is 34.0. The van der Waals surface area contributed by atoms with E-state index in [1.807, 2.05) is 24.3 Å². The molecule has 138 valence electrons. The van der Waals surface area contributed by atoms with Gasteiger partial charge in [-0.15, -0.1) is 0 Å². The first kappa shape index (κ1) is 20.7. The van der Waals surface area contributed by atoms with Crippen LogP contribution in [-0.4, -0.2) is 37.3 Å². The van der Waals surface area contributed by atoms with Gasteiger partial charge in [-0.1, -0.05) is 19.1 Å². The third-order valence-corrected chi connectivity index (χ3v) is 3.51. The van der Waals surface area contributed by atoms with E-state index >= 15 is 0 Å². The highest BCUT2D eigenvalue weighted by Gasteiger charge is 2.05. The minimum Gasteiger partial charge on any atom is -0.494 e. The third kappa shape index (κ3) is 10.2. The summed E-state index contributed by atoms with van der Waals surface area (Å²) >= 11 is 0. The first-order valence-electron chi connectivity index (χ1n) is 8.75. The molecule has 0 bridgehead atoms. The molecular formula is C19H28N2O4. The van der Waals surface area contributed by atoms with E-state index in [0.717, 1.165) is 17.7 Å². The number of nitrogens with one attached hydrogen (secondary N) is 2. The topological polar surface area (TPSA) is 84.5 Å². The van der Waals surface area contributed by atoms with Crippen LogP contribution in [-0.2, 0) is 20.8 Å². The molecule has 25 heavy (non-hydrogen) atoms. The van der Waals surface area contributed by atoms with E-state index in [1.165, 1.54) is 6.92 Å². The number of benzene rings is 1. The molecule has 0 heterocycles. The summed E-state index contributed by atoms with van der Waals surface area (Å²) in [6.45, 7) is 4.97. The molecule has 0 aliphatic heterocycles. The molecule has 0 unspecified atom stereocenters. The van der Waals surface area contributed by atoms with Crippen LogP contribution >= 0.6 is 0 Å². The van der Waals surface area contributed by atoms with E-state index < -0.39 is 0 Å². The second-order valence-electron chi connectivity index (χ2n) is 5.89. The van der Waals surface area contributed by atoms with Crippen LogP contribution < -0.4 is 15.4 Å². The normalized spacial score (nSPS) is 10.2. The van der Waals surface area contributed by atoms with Crippen molar-refractivity contribution >= 4 is 17.6 Å². The lowest BCUT2D eigenvalue weighted by Gasteiger charge is -2.08. The molecule has 1 rings (SSSR count). The maximum atomic E-state index is 11.8. The molecule has 2 N–H and O–H groups in total. The van der Waals surface area contributed by atoms with Crippen LogP contribution in [0.5, 0.6) is 5.75 Å². The van der Waals surface area contributed by atoms with E-state index in [-0.39, 0.29) is 30.4 Å². The van der Waals surface area contributed by atoms with Crippen LogP contribution in [0.3, 0.4) is 0 Å². The summed E-state index contributed by atoms with van der Waals surface area (Å²) in [5.41, 5.74) is 1.08. The Morgan fingerprint density at radius 2 is 1.52 bits per heavy atom. The van der Waals surface area contributed by atoms with Crippen LogP contribution in [0.25, 0.3) is 0 Å². The lowest BCUT2D eigenvalue weighted by atomic mass is 10.1. The molecule has 0 spiro atoms. The lowest BCUT2D eigenvalue weighted by Crippen LogP contribution is -2.34. The van der Waals surface area contributed by atoms with Gasteiger partial charge in [-0.2, -0.15) is 0 Å². The Morgan fingerprint density at radius 3 is 2.08 bits per heavy atom. The Bertz CT molecular complexity index is 555. The number of ether oxygens (including phenoxy) is 1. The van der Waals surface area contributed by atoms with Crippen molar-refractivity contribution in [2.75, 3.05) is 19.7 Å². The number of amides is 2. The molecule has 0 aliphatic rings. The van der Waals surface area contributed by atoms with Crippen LogP contribution in [0.1, 0.15) is 45.1 Å². The van der Waals surface area contributed by atoms with Gasteiger partial charge in [0.1, 0.15) is 11.5 Å². The lowest BCUT2D eigenvalue weighted by molar-refractivity contribution is -0.124. The number of ketones is 1. The molecule has 1 aromatic carbocycles. The maximum Gasteiger partial charge on any atom is 0.220 e. The summed E-state index contributed by atoms with van der Waals surface area (Å²) in [6, 6.07) is 7.76. The van der Waals surface area contributed by atoms with Crippen molar-refractivity contribution in [2.45, 2.75) is 46.0 Å². The number of hydrogen-bond acceptors (Lipinski definition) is 4. The fraction of sp³-hybridized carbons (Fsp3) is 0.526. The molecule has 0 saturated carbocycles. The van der Waals surface area contributed by atoms with Gasteiger partial charge in [-0.25, -0.2) is 0 Å². The minimum absolute atomic E-state index is 0.00610. The highest BCUT2D eigenvalue weighted by molar-refractivity contribution is 5.83. The zero-order chi connectivity index (χ0) is 18.5. The van der Waals surface area contributed by atoms with Gasteiger partial charge in [0.2, 0.25) is 11.8 Å². The molecule has 0 aliphatic carbocycles. The fourth-order valence-electron chi connectivity index (χ4n) is 2.10. The second kappa shape index (κ2) is 12.1. The highest BCUT2D eigenvalue weighted by atomic mass is 16.5. The molecule has 2 amide bonds. The summed E-state index contributed by atoms with van der Waals surface area (Å²) in [5.74, 6) is 0.614. The molecule has 0 fully saturated rings. The fourth-order valence-corrected chi connectivity index (χ4v) is 2.10. The third-order valence-electron chi connectivity index (χ3n) is 3.51. The van der Waals surface area contributed by atoms with Crippen LogP contribution in [0.2, 0.25) is 0 Å². The number of hydrogen-bond donors (Lipinski definition) is 2. The first-order chi connectivity index (χ1) is 12.0. The summed E-state index contributed by atoms with van der Waals surface area (Å²) < 4.78 is 5.52. The van der Waals surface area contributed by atoms with Gasteiger partial charge < -0.3 is 20.2 Å². The van der Waals surface area contributed by atoms with Crippen molar-refractivity contribution in [1.29, 1.82) is 0 Å². The predicted octanol–water partition coefficient (Wildman–Crippen LogP) is 2.01. The summed E-state index contributed by atoms with van der Waals surface area (Å²) in [7, 11) is 0.